The molecular formula is C14H20N2. The van der Waals surface area contributed by atoms with Gasteiger partial charge in [-0.15, -0.1) is 0 Å². The van der Waals surface area contributed by atoms with Crippen molar-refractivity contribution < 1.29 is 0 Å². The molecular weight excluding hydrogens is 196 g/mol. The highest BCUT2D eigenvalue weighted by atomic mass is 14.9. The first-order valence-electron chi connectivity index (χ1n) is 6.04. The number of aryl methyl sites for hydroxylation is 1. The quantitative estimate of drug-likeness (QED) is 0.461. The number of hydrogen-bond acceptors (Lipinski definition) is 2. The van der Waals surface area contributed by atoms with Crippen molar-refractivity contribution >= 4 is 5.69 Å². The molecule has 2 nitrogen and oxygen atoms in total. The van der Waals surface area contributed by atoms with Gasteiger partial charge in [0, 0.05) is 11.7 Å². The summed E-state index contributed by atoms with van der Waals surface area (Å²) in [6, 6.07) is 6.82. The van der Waals surface area contributed by atoms with Gasteiger partial charge in [0.2, 0.25) is 0 Å². The van der Waals surface area contributed by atoms with Crippen LogP contribution in [0.4, 0.5) is 5.69 Å². The Hall–Kier alpha value is -1.28. The van der Waals surface area contributed by atoms with E-state index in [0.29, 0.717) is 6.04 Å². The molecule has 86 valence electrons. The van der Waals surface area contributed by atoms with Crippen LogP contribution in [0.25, 0.3) is 0 Å². The first kappa shape index (κ1) is 11.2. The van der Waals surface area contributed by atoms with Gasteiger partial charge in [0.05, 0.1) is 0 Å². The minimum Gasteiger partial charge on any atom is -0.399 e. The fourth-order valence-corrected chi connectivity index (χ4v) is 2.36. The van der Waals surface area contributed by atoms with Crippen molar-refractivity contribution in [2.45, 2.75) is 32.2 Å². The average molecular weight is 216 g/mol. The molecule has 1 aromatic rings. The molecule has 0 aliphatic heterocycles. The van der Waals surface area contributed by atoms with Crippen LogP contribution in [-0.4, -0.2) is 6.54 Å². The third kappa shape index (κ3) is 2.45. The van der Waals surface area contributed by atoms with Crippen LogP contribution in [0.3, 0.4) is 0 Å². The molecule has 0 fully saturated rings. The van der Waals surface area contributed by atoms with Crippen molar-refractivity contribution in [1.82, 2.24) is 5.32 Å². The monoisotopic (exact) mass is 216 g/mol. The molecule has 1 atom stereocenters. The van der Waals surface area contributed by atoms with E-state index in [1.54, 1.807) is 0 Å². The predicted molar refractivity (Wildman–Crippen MR) is 69.4 cm³/mol. The lowest BCUT2D eigenvalue weighted by molar-refractivity contribution is 0.536. The number of anilines is 1. The number of nitrogens with one attached hydrogen (secondary N) is 1. The Kier molecular flexibility index (Phi) is 3.62. The van der Waals surface area contributed by atoms with Crippen molar-refractivity contribution in [3.63, 3.8) is 0 Å². The lowest BCUT2D eigenvalue weighted by Crippen LogP contribution is -2.19. The lowest BCUT2D eigenvalue weighted by Gasteiger charge is -2.13. The zero-order valence-electron chi connectivity index (χ0n) is 9.87. The number of allylic oxidation sites excluding steroid dienone is 1. The average Bonchev–Trinajstić information content (AvgIpc) is 2.67. The van der Waals surface area contributed by atoms with Crippen LogP contribution in [0, 0.1) is 0 Å². The highest BCUT2D eigenvalue weighted by Gasteiger charge is 2.21. The SMILES string of the molecule is C/C=C/CCNC1CCc2cc(N)ccc21. The number of nitrogen functional groups attached to an aromatic ring is 1. The van der Waals surface area contributed by atoms with E-state index in [2.05, 4.69) is 36.5 Å². The molecule has 1 aliphatic carbocycles. The zero-order valence-corrected chi connectivity index (χ0v) is 9.87. The number of hydrogen-bond donors (Lipinski definition) is 2. The minimum absolute atomic E-state index is 0.529. The molecule has 0 heterocycles. The third-order valence-electron chi connectivity index (χ3n) is 3.18. The predicted octanol–water partition coefficient (Wildman–Crippen LogP) is 2.81. The maximum Gasteiger partial charge on any atom is 0.0326 e. The van der Waals surface area contributed by atoms with Gasteiger partial charge in [0.1, 0.15) is 0 Å². The first-order valence-corrected chi connectivity index (χ1v) is 6.04. The van der Waals surface area contributed by atoms with Crippen LogP contribution in [0.5, 0.6) is 0 Å². The highest BCUT2D eigenvalue weighted by Crippen LogP contribution is 2.32. The Balaban J connectivity index is 1.95. The molecule has 0 saturated carbocycles. The van der Waals surface area contributed by atoms with Crippen molar-refractivity contribution in [2.75, 3.05) is 12.3 Å². The van der Waals surface area contributed by atoms with Crippen LogP contribution in [0.15, 0.2) is 30.4 Å². The number of fused-ring (bicyclic) bond motifs is 1. The third-order valence-corrected chi connectivity index (χ3v) is 3.18. The van der Waals surface area contributed by atoms with E-state index in [-0.39, 0.29) is 0 Å². The van der Waals surface area contributed by atoms with E-state index in [1.165, 1.54) is 17.5 Å². The van der Waals surface area contributed by atoms with Gasteiger partial charge in [-0.1, -0.05) is 18.2 Å². The first-order chi connectivity index (χ1) is 7.81. The molecule has 1 unspecified atom stereocenters. The summed E-state index contributed by atoms with van der Waals surface area (Å²) < 4.78 is 0. The summed E-state index contributed by atoms with van der Waals surface area (Å²) in [5.74, 6) is 0. The Morgan fingerprint density at radius 3 is 3.19 bits per heavy atom. The van der Waals surface area contributed by atoms with Crippen LogP contribution in [0.2, 0.25) is 0 Å². The van der Waals surface area contributed by atoms with Crippen molar-refractivity contribution in [3.8, 4) is 0 Å². The largest absolute Gasteiger partial charge is 0.399 e. The summed E-state index contributed by atoms with van der Waals surface area (Å²) in [6.07, 6.45) is 7.77. The van der Waals surface area contributed by atoms with E-state index in [9.17, 15) is 0 Å². The summed E-state index contributed by atoms with van der Waals surface area (Å²) in [7, 11) is 0. The van der Waals surface area contributed by atoms with E-state index in [1.807, 2.05) is 6.07 Å². The lowest BCUT2D eigenvalue weighted by atomic mass is 10.1. The molecule has 0 amide bonds. The van der Waals surface area contributed by atoms with Crippen LogP contribution in [0.1, 0.15) is 36.9 Å². The molecule has 0 radical (unpaired) electrons. The van der Waals surface area contributed by atoms with Gasteiger partial charge in [-0.25, -0.2) is 0 Å². The fourth-order valence-electron chi connectivity index (χ4n) is 2.36. The Bertz CT molecular complexity index is 382. The summed E-state index contributed by atoms with van der Waals surface area (Å²) in [5, 5.41) is 3.60. The number of nitrogens with two attached hydrogens (primary N) is 1. The fraction of sp³-hybridized carbons (Fsp3) is 0.429. The number of benzene rings is 1. The summed E-state index contributed by atoms with van der Waals surface area (Å²) in [6.45, 7) is 3.12. The van der Waals surface area contributed by atoms with E-state index < -0.39 is 0 Å². The molecule has 0 spiro atoms. The summed E-state index contributed by atoms with van der Waals surface area (Å²) in [4.78, 5) is 0. The molecule has 1 aromatic carbocycles. The van der Waals surface area contributed by atoms with Gasteiger partial charge in [0.15, 0.2) is 0 Å². The van der Waals surface area contributed by atoms with E-state index >= 15 is 0 Å². The van der Waals surface area contributed by atoms with Crippen molar-refractivity contribution in [2.24, 2.45) is 0 Å². The summed E-state index contributed by atoms with van der Waals surface area (Å²) in [5.41, 5.74) is 9.53. The molecule has 16 heavy (non-hydrogen) atoms. The van der Waals surface area contributed by atoms with Crippen LogP contribution < -0.4 is 11.1 Å². The second-order valence-electron chi connectivity index (χ2n) is 4.36. The van der Waals surface area contributed by atoms with E-state index in [4.69, 9.17) is 5.73 Å². The van der Waals surface area contributed by atoms with Crippen LogP contribution >= 0.6 is 0 Å². The molecule has 0 bridgehead atoms. The van der Waals surface area contributed by atoms with Gasteiger partial charge in [-0.3, -0.25) is 0 Å². The highest BCUT2D eigenvalue weighted by molar-refractivity contribution is 5.47. The van der Waals surface area contributed by atoms with Gasteiger partial charge >= 0.3 is 0 Å². The maximum absolute atomic E-state index is 5.79. The Morgan fingerprint density at radius 2 is 2.38 bits per heavy atom. The maximum atomic E-state index is 5.79. The second kappa shape index (κ2) is 5.17. The molecule has 1 aliphatic rings. The van der Waals surface area contributed by atoms with Crippen molar-refractivity contribution in [3.05, 3.63) is 41.5 Å². The Labute approximate surface area is 97.5 Å². The zero-order chi connectivity index (χ0) is 11.4. The van der Waals surface area contributed by atoms with Gasteiger partial charge in [-0.2, -0.15) is 0 Å². The van der Waals surface area contributed by atoms with Crippen molar-refractivity contribution in [1.29, 1.82) is 0 Å². The van der Waals surface area contributed by atoms with E-state index in [0.717, 1.165) is 25.1 Å². The van der Waals surface area contributed by atoms with Crippen LogP contribution in [-0.2, 0) is 6.42 Å². The molecule has 2 heteroatoms. The molecule has 3 N–H and O–H groups in total. The van der Waals surface area contributed by atoms with Gasteiger partial charge in [0.25, 0.3) is 0 Å². The topological polar surface area (TPSA) is 38.0 Å². The normalized spacial score (nSPS) is 19.2. The smallest absolute Gasteiger partial charge is 0.0326 e. The van der Waals surface area contributed by atoms with Gasteiger partial charge < -0.3 is 11.1 Å². The number of rotatable bonds is 4. The van der Waals surface area contributed by atoms with Gasteiger partial charge in [-0.05, 0) is 56.0 Å². The molecule has 0 saturated heterocycles. The minimum atomic E-state index is 0.529. The second-order valence-corrected chi connectivity index (χ2v) is 4.36. The standard InChI is InChI=1S/C14H20N2/c1-2-3-4-9-16-14-8-5-11-10-12(15)6-7-13(11)14/h2-3,6-7,10,14,16H,4-5,8-9,15H2,1H3/b3-2+. The molecule has 0 aromatic heterocycles. The summed E-state index contributed by atoms with van der Waals surface area (Å²) >= 11 is 0. The Morgan fingerprint density at radius 1 is 1.50 bits per heavy atom. The molecule has 2 rings (SSSR count).